The third kappa shape index (κ3) is 3.47. The van der Waals surface area contributed by atoms with Gasteiger partial charge in [0.25, 0.3) is 5.91 Å². The van der Waals surface area contributed by atoms with Crippen LogP contribution >= 0.6 is 0 Å². The van der Waals surface area contributed by atoms with E-state index < -0.39 is 12.1 Å². The van der Waals surface area contributed by atoms with Gasteiger partial charge in [0, 0.05) is 17.5 Å². The van der Waals surface area contributed by atoms with Gasteiger partial charge in [-0.2, -0.15) is 0 Å². The third-order valence-electron chi connectivity index (χ3n) is 3.77. The summed E-state index contributed by atoms with van der Waals surface area (Å²) in [6.45, 7) is 3.19. The van der Waals surface area contributed by atoms with Crippen LogP contribution < -0.4 is 5.32 Å². The van der Waals surface area contributed by atoms with Crippen molar-refractivity contribution in [1.29, 1.82) is 0 Å². The van der Waals surface area contributed by atoms with E-state index in [1.54, 1.807) is 19.1 Å². The summed E-state index contributed by atoms with van der Waals surface area (Å²) in [7, 11) is 0. The zero-order valence-electron chi connectivity index (χ0n) is 12.9. The number of aromatic nitrogens is 1. The summed E-state index contributed by atoms with van der Waals surface area (Å²) in [4.78, 5) is 28.4. The maximum Gasteiger partial charge on any atom is 0.340 e. The number of pyridine rings is 1. The Morgan fingerprint density at radius 2 is 2.09 bits per heavy atom. The number of rotatable bonds is 4. The number of benzene rings is 1. The van der Waals surface area contributed by atoms with Crippen LogP contribution in [0, 0.1) is 12.7 Å². The fraction of sp³-hybridized carbons (Fsp3) is 0.353. The van der Waals surface area contributed by atoms with E-state index in [1.807, 2.05) is 0 Å². The number of halogens is 1. The number of aryl methyl sites for hydroxylation is 1. The van der Waals surface area contributed by atoms with E-state index in [0.717, 1.165) is 12.8 Å². The van der Waals surface area contributed by atoms with Crippen LogP contribution in [0.5, 0.6) is 0 Å². The smallest absolute Gasteiger partial charge is 0.340 e. The molecular weight excluding hydrogens is 299 g/mol. The molecule has 120 valence electrons. The standard InChI is InChI=1S/C17H17FN2O3/c1-9-14(7-11-3-4-12(18)8-15(11)19-9)17(22)23-10(2)16(21)20-13-5-6-13/h3-4,7-8,10,13H,5-6H2,1-2H3,(H,20,21)/t10-/m0/s1. The van der Waals surface area contributed by atoms with Crippen molar-refractivity contribution in [1.82, 2.24) is 10.3 Å². The van der Waals surface area contributed by atoms with Crippen molar-refractivity contribution in [3.8, 4) is 0 Å². The molecule has 0 radical (unpaired) electrons. The number of nitrogens with zero attached hydrogens (tertiary/aromatic N) is 1. The molecule has 1 heterocycles. The lowest BCUT2D eigenvalue weighted by atomic mass is 10.1. The summed E-state index contributed by atoms with van der Waals surface area (Å²) in [6.07, 6.45) is 1.07. The lowest BCUT2D eigenvalue weighted by molar-refractivity contribution is -0.129. The number of esters is 1. The fourth-order valence-corrected chi connectivity index (χ4v) is 2.27. The monoisotopic (exact) mass is 316 g/mol. The SMILES string of the molecule is Cc1nc2cc(F)ccc2cc1C(=O)O[C@@H](C)C(=O)NC1CC1. The van der Waals surface area contributed by atoms with Crippen molar-refractivity contribution in [2.45, 2.75) is 38.8 Å². The van der Waals surface area contributed by atoms with Crippen LogP contribution in [-0.2, 0) is 9.53 Å². The van der Waals surface area contributed by atoms with Gasteiger partial charge in [-0.25, -0.2) is 9.18 Å². The largest absolute Gasteiger partial charge is 0.449 e. The maximum atomic E-state index is 13.2. The van der Waals surface area contributed by atoms with Gasteiger partial charge in [0.15, 0.2) is 6.10 Å². The first-order valence-electron chi connectivity index (χ1n) is 7.52. The molecule has 1 aromatic carbocycles. The van der Waals surface area contributed by atoms with Crippen LogP contribution in [0.4, 0.5) is 4.39 Å². The highest BCUT2D eigenvalue weighted by Crippen LogP contribution is 2.20. The first-order chi connectivity index (χ1) is 10.9. The van der Waals surface area contributed by atoms with E-state index in [4.69, 9.17) is 4.74 Å². The van der Waals surface area contributed by atoms with Crippen molar-refractivity contribution in [2.75, 3.05) is 0 Å². The quantitative estimate of drug-likeness (QED) is 0.880. The van der Waals surface area contributed by atoms with E-state index in [9.17, 15) is 14.0 Å². The van der Waals surface area contributed by atoms with E-state index >= 15 is 0 Å². The van der Waals surface area contributed by atoms with E-state index in [-0.39, 0.29) is 23.3 Å². The molecule has 0 unspecified atom stereocenters. The molecule has 0 spiro atoms. The Morgan fingerprint density at radius 1 is 1.35 bits per heavy atom. The number of carbonyl (C=O) groups excluding carboxylic acids is 2. The third-order valence-corrected chi connectivity index (χ3v) is 3.77. The molecule has 1 N–H and O–H groups in total. The summed E-state index contributed by atoms with van der Waals surface area (Å²) in [5, 5.41) is 3.43. The summed E-state index contributed by atoms with van der Waals surface area (Å²) in [6, 6.07) is 5.98. The van der Waals surface area contributed by atoms with Gasteiger partial charge in [-0.05, 0) is 44.9 Å². The van der Waals surface area contributed by atoms with Gasteiger partial charge in [-0.1, -0.05) is 0 Å². The molecule has 1 saturated carbocycles. The van der Waals surface area contributed by atoms with E-state index in [1.165, 1.54) is 19.1 Å². The van der Waals surface area contributed by atoms with Crippen molar-refractivity contribution < 1.29 is 18.7 Å². The van der Waals surface area contributed by atoms with Crippen molar-refractivity contribution in [3.05, 3.63) is 41.3 Å². The van der Waals surface area contributed by atoms with Crippen LogP contribution in [0.25, 0.3) is 10.9 Å². The molecular formula is C17H17FN2O3. The minimum absolute atomic E-state index is 0.211. The van der Waals surface area contributed by atoms with Gasteiger partial charge >= 0.3 is 5.97 Å². The lowest BCUT2D eigenvalue weighted by Gasteiger charge is -2.14. The second-order valence-corrected chi connectivity index (χ2v) is 5.79. The molecule has 1 amide bonds. The highest BCUT2D eigenvalue weighted by atomic mass is 19.1. The minimum atomic E-state index is -0.869. The van der Waals surface area contributed by atoms with Crippen LogP contribution in [-0.4, -0.2) is 29.0 Å². The van der Waals surface area contributed by atoms with Gasteiger partial charge in [0.2, 0.25) is 0 Å². The zero-order valence-corrected chi connectivity index (χ0v) is 12.9. The van der Waals surface area contributed by atoms with Gasteiger partial charge in [-0.15, -0.1) is 0 Å². The second-order valence-electron chi connectivity index (χ2n) is 5.79. The first-order valence-corrected chi connectivity index (χ1v) is 7.52. The number of nitrogens with one attached hydrogen (secondary N) is 1. The summed E-state index contributed by atoms with van der Waals surface area (Å²) in [5.41, 5.74) is 1.18. The van der Waals surface area contributed by atoms with Gasteiger partial charge in [0.1, 0.15) is 5.82 Å². The number of hydrogen-bond acceptors (Lipinski definition) is 4. The Hall–Kier alpha value is -2.50. The fourth-order valence-electron chi connectivity index (χ4n) is 2.27. The zero-order chi connectivity index (χ0) is 16.6. The molecule has 0 bridgehead atoms. The van der Waals surface area contributed by atoms with Crippen LogP contribution in [0.2, 0.25) is 0 Å². The Kier molecular flexibility index (Phi) is 3.98. The second kappa shape index (κ2) is 5.95. The molecule has 0 aliphatic heterocycles. The van der Waals surface area contributed by atoms with Crippen molar-refractivity contribution in [3.63, 3.8) is 0 Å². The van der Waals surface area contributed by atoms with Crippen LogP contribution in [0.15, 0.2) is 24.3 Å². The predicted molar refractivity (Wildman–Crippen MR) is 82.5 cm³/mol. The van der Waals surface area contributed by atoms with Crippen molar-refractivity contribution >= 4 is 22.8 Å². The normalized spacial score (nSPS) is 15.3. The number of amides is 1. The number of hydrogen-bond donors (Lipinski definition) is 1. The summed E-state index contributed by atoms with van der Waals surface area (Å²) < 4.78 is 18.4. The molecule has 1 atom stereocenters. The molecule has 0 saturated heterocycles. The van der Waals surface area contributed by atoms with E-state index in [0.29, 0.717) is 16.6 Å². The van der Waals surface area contributed by atoms with Gasteiger partial charge < -0.3 is 10.1 Å². The van der Waals surface area contributed by atoms with Gasteiger partial charge in [-0.3, -0.25) is 9.78 Å². The van der Waals surface area contributed by atoms with Crippen LogP contribution in [0.3, 0.4) is 0 Å². The average molecular weight is 316 g/mol. The number of carbonyl (C=O) groups is 2. The molecule has 1 fully saturated rings. The van der Waals surface area contributed by atoms with Gasteiger partial charge in [0.05, 0.1) is 16.8 Å². The first kappa shape index (κ1) is 15.4. The topological polar surface area (TPSA) is 68.3 Å². The molecule has 3 rings (SSSR count). The molecule has 1 aromatic heterocycles. The molecule has 2 aromatic rings. The van der Waals surface area contributed by atoms with Crippen LogP contribution in [0.1, 0.15) is 35.8 Å². The number of fused-ring (bicyclic) bond motifs is 1. The predicted octanol–water partition coefficient (Wildman–Crippen LogP) is 2.51. The summed E-state index contributed by atoms with van der Waals surface area (Å²) in [5.74, 6) is -1.29. The Bertz CT molecular complexity index is 787. The summed E-state index contributed by atoms with van der Waals surface area (Å²) >= 11 is 0. The maximum absolute atomic E-state index is 13.2. The Balaban J connectivity index is 1.78. The lowest BCUT2D eigenvalue weighted by Crippen LogP contribution is -2.37. The average Bonchev–Trinajstić information content (AvgIpc) is 3.30. The van der Waals surface area contributed by atoms with E-state index in [2.05, 4.69) is 10.3 Å². The molecule has 6 heteroatoms. The number of ether oxygens (including phenoxy) is 1. The highest BCUT2D eigenvalue weighted by Gasteiger charge is 2.27. The minimum Gasteiger partial charge on any atom is -0.449 e. The Morgan fingerprint density at radius 3 is 2.78 bits per heavy atom. The molecule has 23 heavy (non-hydrogen) atoms. The molecule has 1 aliphatic carbocycles. The van der Waals surface area contributed by atoms with Crippen molar-refractivity contribution in [2.24, 2.45) is 0 Å². The highest BCUT2D eigenvalue weighted by molar-refractivity contribution is 5.96. The molecule has 1 aliphatic rings. The Labute approximate surface area is 132 Å². The molecule has 5 nitrogen and oxygen atoms in total.